The summed E-state index contributed by atoms with van der Waals surface area (Å²) in [5, 5.41) is 0. The van der Waals surface area contributed by atoms with Crippen LogP contribution in [-0.2, 0) is 23.7 Å². The van der Waals surface area contributed by atoms with Gasteiger partial charge < -0.3 is 24.7 Å². The van der Waals surface area contributed by atoms with E-state index in [2.05, 4.69) is 0 Å². The minimum absolute atomic E-state index is 0.00965. The lowest BCUT2D eigenvalue weighted by atomic mass is 9.81. The predicted octanol–water partition coefficient (Wildman–Crippen LogP) is 0.869. The number of esters is 1. The minimum Gasteiger partial charge on any atom is -0.468 e. The molecule has 1 aliphatic rings. The van der Waals surface area contributed by atoms with Crippen LogP contribution in [0, 0.1) is 0 Å². The first kappa shape index (κ1) is 17.4. The Labute approximate surface area is 120 Å². The molecule has 0 saturated heterocycles. The number of hydrogen-bond acceptors (Lipinski definition) is 6. The van der Waals surface area contributed by atoms with Crippen molar-refractivity contribution >= 4 is 5.97 Å². The number of methoxy groups -OCH3 is 2. The summed E-state index contributed by atoms with van der Waals surface area (Å²) in [6.45, 7) is 2.45. The molecule has 0 bridgehead atoms. The van der Waals surface area contributed by atoms with Crippen LogP contribution >= 0.6 is 0 Å². The molecule has 0 aromatic carbocycles. The Kier molecular flexibility index (Phi) is 8.06. The maximum Gasteiger partial charge on any atom is 0.325 e. The van der Waals surface area contributed by atoms with E-state index in [0.717, 1.165) is 19.3 Å². The third-order valence-corrected chi connectivity index (χ3v) is 3.55. The highest BCUT2D eigenvalue weighted by atomic mass is 16.5. The van der Waals surface area contributed by atoms with Gasteiger partial charge in [0, 0.05) is 26.7 Å². The zero-order valence-corrected chi connectivity index (χ0v) is 12.6. The molecule has 0 aromatic rings. The van der Waals surface area contributed by atoms with Crippen LogP contribution in [0.25, 0.3) is 0 Å². The number of nitrogens with two attached hydrogens (primary N) is 1. The van der Waals surface area contributed by atoms with Gasteiger partial charge in [0.05, 0.1) is 26.4 Å². The highest BCUT2D eigenvalue weighted by Crippen LogP contribution is 2.29. The maximum absolute atomic E-state index is 11.7. The van der Waals surface area contributed by atoms with Crippen molar-refractivity contribution in [3.63, 3.8) is 0 Å². The summed E-state index contributed by atoms with van der Waals surface area (Å²) < 4.78 is 20.9. The lowest BCUT2D eigenvalue weighted by molar-refractivity contribution is -0.151. The molecule has 6 nitrogen and oxygen atoms in total. The van der Waals surface area contributed by atoms with Gasteiger partial charge in [-0.2, -0.15) is 0 Å². The molecule has 6 heteroatoms. The molecule has 0 spiro atoms. The molecule has 0 heterocycles. The molecule has 0 radical (unpaired) electrons. The van der Waals surface area contributed by atoms with Crippen LogP contribution in [-0.4, -0.2) is 58.3 Å². The molecule has 0 aliphatic heterocycles. The van der Waals surface area contributed by atoms with E-state index in [-0.39, 0.29) is 12.1 Å². The van der Waals surface area contributed by atoms with E-state index in [4.69, 9.17) is 24.7 Å². The highest BCUT2D eigenvalue weighted by Gasteiger charge is 2.40. The summed E-state index contributed by atoms with van der Waals surface area (Å²) in [7, 11) is 3.04. The van der Waals surface area contributed by atoms with Crippen molar-refractivity contribution in [2.45, 2.75) is 43.7 Å². The van der Waals surface area contributed by atoms with Gasteiger partial charge >= 0.3 is 5.97 Å². The van der Waals surface area contributed by atoms with E-state index in [1.165, 1.54) is 7.11 Å². The van der Waals surface area contributed by atoms with E-state index >= 15 is 0 Å². The average Bonchev–Trinajstić information content (AvgIpc) is 2.45. The number of carbonyl (C=O) groups excluding carboxylic acids is 1. The Morgan fingerprint density at radius 1 is 1.25 bits per heavy atom. The summed E-state index contributed by atoms with van der Waals surface area (Å²) in [6.07, 6.45) is 3.88. The van der Waals surface area contributed by atoms with E-state index < -0.39 is 5.54 Å². The second kappa shape index (κ2) is 9.28. The quantitative estimate of drug-likeness (QED) is 0.501. The first-order valence-corrected chi connectivity index (χ1v) is 7.18. The van der Waals surface area contributed by atoms with Gasteiger partial charge in [-0.05, 0) is 25.7 Å². The summed E-state index contributed by atoms with van der Waals surface area (Å²) in [5.41, 5.74) is 5.20. The van der Waals surface area contributed by atoms with Crippen molar-refractivity contribution in [2.24, 2.45) is 5.73 Å². The third-order valence-electron chi connectivity index (χ3n) is 3.55. The molecule has 2 atom stereocenters. The van der Waals surface area contributed by atoms with Gasteiger partial charge in [-0.1, -0.05) is 0 Å². The topological polar surface area (TPSA) is 80.0 Å². The fraction of sp³-hybridized carbons (Fsp3) is 0.929. The average molecular weight is 289 g/mol. The standard InChI is InChI=1S/C14H27NO5/c1-17-7-4-8-19-9-10-20-12-5-3-6-14(15,11-12)13(16)18-2/h12H,3-11,15H2,1-2H3. The van der Waals surface area contributed by atoms with E-state index in [9.17, 15) is 4.79 Å². The van der Waals surface area contributed by atoms with Crippen LogP contribution in [0.15, 0.2) is 0 Å². The molecule has 2 unspecified atom stereocenters. The lowest BCUT2D eigenvalue weighted by Crippen LogP contribution is -2.53. The summed E-state index contributed by atoms with van der Waals surface area (Å²) in [5.74, 6) is -0.346. The molecule has 1 aliphatic carbocycles. The molecule has 0 aromatic heterocycles. The number of carbonyl (C=O) groups is 1. The minimum atomic E-state index is -0.892. The second-order valence-corrected chi connectivity index (χ2v) is 5.20. The number of hydrogen-bond donors (Lipinski definition) is 1. The molecule has 1 fully saturated rings. The van der Waals surface area contributed by atoms with Crippen LogP contribution in [0.3, 0.4) is 0 Å². The molecule has 20 heavy (non-hydrogen) atoms. The second-order valence-electron chi connectivity index (χ2n) is 5.20. The van der Waals surface area contributed by atoms with Crippen molar-refractivity contribution in [3.05, 3.63) is 0 Å². The Morgan fingerprint density at radius 3 is 2.75 bits per heavy atom. The van der Waals surface area contributed by atoms with E-state index in [0.29, 0.717) is 39.3 Å². The van der Waals surface area contributed by atoms with Crippen LogP contribution < -0.4 is 5.73 Å². The van der Waals surface area contributed by atoms with Gasteiger partial charge in [0.1, 0.15) is 5.54 Å². The summed E-state index contributed by atoms with van der Waals surface area (Å²) >= 11 is 0. The van der Waals surface area contributed by atoms with Crippen molar-refractivity contribution < 1.29 is 23.7 Å². The fourth-order valence-electron chi connectivity index (χ4n) is 2.47. The van der Waals surface area contributed by atoms with Crippen molar-refractivity contribution in [2.75, 3.05) is 40.6 Å². The monoisotopic (exact) mass is 289 g/mol. The summed E-state index contributed by atoms with van der Waals surface area (Å²) in [6, 6.07) is 0. The molecule has 2 N–H and O–H groups in total. The Morgan fingerprint density at radius 2 is 2.05 bits per heavy atom. The Hall–Kier alpha value is -0.690. The molecule has 118 valence electrons. The zero-order chi connectivity index (χ0) is 14.8. The molecule has 0 amide bonds. The summed E-state index contributed by atoms with van der Waals surface area (Å²) in [4.78, 5) is 11.7. The van der Waals surface area contributed by atoms with E-state index in [1.807, 2.05) is 0 Å². The van der Waals surface area contributed by atoms with Gasteiger partial charge in [-0.15, -0.1) is 0 Å². The van der Waals surface area contributed by atoms with Gasteiger partial charge in [0.2, 0.25) is 0 Å². The van der Waals surface area contributed by atoms with Gasteiger partial charge in [-0.25, -0.2) is 0 Å². The lowest BCUT2D eigenvalue weighted by Gasteiger charge is -2.35. The molecule has 1 saturated carbocycles. The number of ether oxygens (including phenoxy) is 4. The third kappa shape index (κ3) is 5.75. The first-order valence-electron chi connectivity index (χ1n) is 7.18. The Bertz CT molecular complexity index is 287. The molecule has 1 rings (SSSR count). The Balaban J connectivity index is 2.16. The van der Waals surface area contributed by atoms with Crippen LogP contribution in [0.4, 0.5) is 0 Å². The van der Waals surface area contributed by atoms with Crippen LogP contribution in [0.2, 0.25) is 0 Å². The largest absolute Gasteiger partial charge is 0.468 e. The molecular formula is C14H27NO5. The highest BCUT2D eigenvalue weighted by molar-refractivity contribution is 5.80. The van der Waals surface area contributed by atoms with Crippen LogP contribution in [0.1, 0.15) is 32.1 Å². The van der Waals surface area contributed by atoms with E-state index in [1.54, 1.807) is 7.11 Å². The number of rotatable bonds is 9. The van der Waals surface area contributed by atoms with Gasteiger partial charge in [-0.3, -0.25) is 4.79 Å². The van der Waals surface area contributed by atoms with Crippen molar-refractivity contribution in [1.29, 1.82) is 0 Å². The smallest absolute Gasteiger partial charge is 0.325 e. The SMILES string of the molecule is COCCCOCCOC1CCCC(N)(C(=O)OC)C1. The van der Waals surface area contributed by atoms with Gasteiger partial charge in [0.25, 0.3) is 0 Å². The molecular weight excluding hydrogens is 262 g/mol. The van der Waals surface area contributed by atoms with Crippen molar-refractivity contribution in [1.82, 2.24) is 0 Å². The van der Waals surface area contributed by atoms with Gasteiger partial charge in [0.15, 0.2) is 0 Å². The van der Waals surface area contributed by atoms with Crippen molar-refractivity contribution in [3.8, 4) is 0 Å². The zero-order valence-electron chi connectivity index (χ0n) is 12.6. The maximum atomic E-state index is 11.7. The van der Waals surface area contributed by atoms with Crippen LogP contribution in [0.5, 0.6) is 0 Å². The predicted molar refractivity (Wildman–Crippen MR) is 74.5 cm³/mol. The first-order chi connectivity index (χ1) is 9.62. The fourth-order valence-corrected chi connectivity index (χ4v) is 2.47. The normalized spacial score (nSPS) is 26.4.